The summed E-state index contributed by atoms with van der Waals surface area (Å²) in [5.74, 6) is 1.14. The number of aromatic nitrogens is 1. The van der Waals surface area contributed by atoms with E-state index in [9.17, 15) is 9.90 Å². The summed E-state index contributed by atoms with van der Waals surface area (Å²) in [6.07, 6.45) is 3.72. The molecule has 32 heavy (non-hydrogen) atoms. The Kier molecular flexibility index (Phi) is 4.75. The predicted octanol–water partition coefficient (Wildman–Crippen LogP) is 1.51. The summed E-state index contributed by atoms with van der Waals surface area (Å²) in [4.78, 5) is 19.8. The summed E-state index contributed by atoms with van der Waals surface area (Å²) in [7, 11) is 3.20. The molecule has 4 aromatic rings. The molecule has 1 aliphatic heterocycles. The van der Waals surface area contributed by atoms with Gasteiger partial charge in [-0.25, -0.2) is 4.99 Å². The van der Waals surface area contributed by atoms with Gasteiger partial charge in [-0.1, -0.05) is 24.3 Å². The van der Waals surface area contributed by atoms with Crippen molar-refractivity contribution in [3.05, 3.63) is 87.2 Å². The minimum atomic E-state index is -0.289. The monoisotopic (exact) mass is 424 g/mol. The van der Waals surface area contributed by atoms with Crippen molar-refractivity contribution in [2.24, 2.45) is 4.99 Å². The first-order chi connectivity index (χ1) is 15.6. The fraction of sp³-hybridized carbons (Fsp3) is 0.0769. The molecule has 0 saturated heterocycles. The lowest BCUT2D eigenvalue weighted by Gasteiger charge is -2.00. The van der Waals surface area contributed by atoms with Crippen LogP contribution in [0.4, 0.5) is 0 Å². The molecule has 1 aliphatic rings. The Labute approximate surface area is 183 Å². The number of H-pyrrole nitrogens is 1. The highest BCUT2D eigenvalue weighted by molar-refractivity contribution is 6.25. The van der Waals surface area contributed by atoms with Gasteiger partial charge in [-0.2, -0.15) is 0 Å². The topological polar surface area (TPSA) is 83.9 Å². The lowest BCUT2D eigenvalue weighted by molar-refractivity contribution is -0.112. The number of carbonyl (C=O) groups is 1. The van der Waals surface area contributed by atoms with E-state index in [0.717, 1.165) is 26.6 Å². The van der Waals surface area contributed by atoms with Crippen molar-refractivity contribution in [1.82, 2.24) is 4.98 Å². The second-order valence-electron chi connectivity index (χ2n) is 7.43. The number of ether oxygens (including phenoxy) is 2. The number of fused-ring (bicyclic) bond motifs is 2. The second kappa shape index (κ2) is 7.74. The highest BCUT2D eigenvalue weighted by atomic mass is 16.5. The van der Waals surface area contributed by atoms with Crippen LogP contribution in [0.5, 0.6) is 17.4 Å². The number of nitrogens with zero attached hydrogens (tertiary/aromatic N) is 1. The molecule has 6 nitrogen and oxygen atoms in total. The molecule has 0 spiro atoms. The Bertz CT molecular complexity index is 1630. The number of amides is 1. The van der Waals surface area contributed by atoms with Crippen LogP contribution >= 0.6 is 0 Å². The van der Waals surface area contributed by atoms with Gasteiger partial charge in [0.2, 0.25) is 0 Å². The Morgan fingerprint density at radius 3 is 2.34 bits per heavy atom. The number of rotatable bonds is 4. The third-order valence-electron chi connectivity index (χ3n) is 5.57. The van der Waals surface area contributed by atoms with Crippen molar-refractivity contribution in [3.63, 3.8) is 0 Å². The molecule has 6 heteroatoms. The van der Waals surface area contributed by atoms with E-state index in [1.807, 2.05) is 60.7 Å². The lowest BCUT2D eigenvalue weighted by Crippen LogP contribution is -2.27. The summed E-state index contributed by atoms with van der Waals surface area (Å²) < 4.78 is 10.6. The van der Waals surface area contributed by atoms with E-state index in [2.05, 4.69) is 9.98 Å². The minimum absolute atomic E-state index is 0.0673. The van der Waals surface area contributed by atoms with Crippen LogP contribution in [-0.4, -0.2) is 30.2 Å². The zero-order valence-electron chi connectivity index (χ0n) is 17.5. The smallest absolute Gasteiger partial charge is 0.278 e. The number of hydrogen-bond donors (Lipinski definition) is 2. The first-order valence-corrected chi connectivity index (χ1v) is 10.1. The second-order valence-corrected chi connectivity index (χ2v) is 7.43. The SMILES string of the molecule is COc1ccc2c(c1)=C(/C=c1\cccc\c1=C/c1c(O)[nH]c3ccc(OC)cc13)C(=O)N=2. The molecular weight excluding hydrogens is 404 g/mol. The van der Waals surface area contributed by atoms with E-state index in [1.54, 1.807) is 26.4 Å². The predicted molar refractivity (Wildman–Crippen MR) is 122 cm³/mol. The van der Waals surface area contributed by atoms with Gasteiger partial charge >= 0.3 is 0 Å². The Morgan fingerprint density at radius 2 is 1.59 bits per heavy atom. The molecule has 158 valence electrons. The maximum Gasteiger partial charge on any atom is 0.278 e. The molecule has 1 amide bonds. The first-order valence-electron chi connectivity index (χ1n) is 10.1. The summed E-state index contributed by atoms with van der Waals surface area (Å²) >= 11 is 0. The normalized spacial score (nSPS) is 14.1. The Morgan fingerprint density at radius 1 is 0.906 bits per heavy atom. The highest BCUT2D eigenvalue weighted by Crippen LogP contribution is 2.30. The Balaban J connectivity index is 1.76. The maximum absolute atomic E-state index is 12.6. The summed E-state index contributed by atoms with van der Waals surface area (Å²) in [6, 6.07) is 18.6. The van der Waals surface area contributed by atoms with Crippen LogP contribution in [0.1, 0.15) is 5.56 Å². The number of carbonyl (C=O) groups excluding carboxylic acids is 1. The highest BCUT2D eigenvalue weighted by Gasteiger charge is 2.15. The van der Waals surface area contributed by atoms with Gasteiger partial charge in [-0.3, -0.25) is 4.79 Å². The molecular formula is C26H20N2O4. The number of hydrogen-bond acceptors (Lipinski definition) is 4. The van der Waals surface area contributed by atoms with Gasteiger partial charge in [0.1, 0.15) is 11.5 Å². The van der Waals surface area contributed by atoms with E-state index >= 15 is 0 Å². The van der Waals surface area contributed by atoms with Gasteiger partial charge in [0.05, 0.1) is 25.1 Å². The molecule has 0 bridgehead atoms. The van der Waals surface area contributed by atoms with Gasteiger partial charge in [0, 0.05) is 21.7 Å². The largest absolute Gasteiger partial charge is 0.497 e. The van der Waals surface area contributed by atoms with Crippen molar-refractivity contribution in [2.45, 2.75) is 0 Å². The molecule has 0 aliphatic carbocycles. The maximum atomic E-state index is 12.6. The molecule has 3 aromatic carbocycles. The number of nitrogens with one attached hydrogen (secondary N) is 1. The van der Waals surface area contributed by atoms with Gasteiger partial charge in [0.15, 0.2) is 5.88 Å². The van der Waals surface area contributed by atoms with E-state index in [-0.39, 0.29) is 11.8 Å². The molecule has 0 atom stereocenters. The van der Waals surface area contributed by atoms with Crippen LogP contribution in [0.3, 0.4) is 0 Å². The lowest BCUT2D eigenvalue weighted by atomic mass is 10.1. The van der Waals surface area contributed by atoms with E-state index in [1.165, 1.54) is 0 Å². The number of methoxy groups -OCH3 is 2. The van der Waals surface area contributed by atoms with Crippen LogP contribution in [0.25, 0.3) is 28.6 Å². The van der Waals surface area contributed by atoms with Crippen LogP contribution in [0.2, 0.25) is 0 Å². The van der Waals surface area contributed by atoms with Crippen LogP contribution in [0, 0.1) is 0 Å². The molecule has 0 unspecified atom stereocenters. The first kappa shape index (κ1) is 19.6. The quantitative estimate of drug-likeness (QED) is 0.520. The van der Waals surface area contributed by atoms with Gasteiger partial charge in [-0.15, -0.1) is 0 Å². The van der Waals surface area contributed by atoms with Crippen LogP contribution < -0.4 is 30.5 Å². The Hall–Kier alpha value is -4.32. The third kappa shape index (κ3) is 3.32. The molecule has 2 N–H and O–H groups in total. The number of benzene rings is 3. The van der Waals surface area contributed by atoms with Crippen molar-refractivity contribution in [1.29, 1.82) is 0 Å². The molecule has 5 rings (SSSR count). The minimum Gasteiger partial charge on any atom is -0.497 e. The van der Waals surface area contributed by atoms with Crippen molar-refractivity contribution in [2.75, 3.05) is 14.2 Å². The molecule has 2 heterocycles. The van der Waals surface area contributed by atoms with Gasteiger partial charge in [0.25, 0.3) is 5.91 Å². The van der Waals surface area contributed by atoms with Gasteiger partial charge < -0.3 is 19.6 Å². The zero-order valence-corrected chi connectivity index (χ0v) is 17.5. The number of aromatic hydroxyl groups is 1. The molecule has 0 saturated carbocycles. The summed E-state index contributed by atoms with van der Waals surface area (Å²) in [5.41, 5.74) is 1.95. The van der Waals surface area contributed by atoms with Crippen LogP contribution in [-0.2, 0) is 4.79 Å². The fourth-order valence-corrected chi connectivity index (χ4v) is 3.92. The third-order valence-corrected chi connectivity index (χ3v) is 5.57. The zero-order chi connectivity index (χ0) is 22.2. The average Bonchev–Trinajstić information content (AvgIpc) is 3.29. The number of aromatic amines is 1. The van der Waals surface area contributed by atoms with Crippen molar-refractivity contribution in [3.8, 4) is 17.4 Å². The molecule has 0 radical (unpaired) electrons. The van der Waals surface area contributed by atoms with Crippen molar-refractivity contribution < 1.29 is 19.4 Å². The fourth-order valence-electron chi connectivity index (χ4n) is 3.92. The van der Waals surface area contributed by atoms with E-state index < -0.39 is 0 Å². The van der Waals surface area contributed by atoms with E-state index in [0.29, 0.717) is 28.0 Å². The molecule has 1 aromatic heterocycles. The van der Waals surface area contributed by atoms with Gasteiger partial charge in [-0.05, 0) is 59.0 Å². The standard InChI is InChI=1S/C26H20N2O4/c1-31-17-7-9-23-19(13-17)21(25(29)27-23)11-15-5-3-4-6-16(15)12-22-20-14-18(32-2)8-10-24(20)28-26(22)30/h3-14,27,29H,1-2H3/b15-11+,16-12+. The van der Waals surface area contributed by atoms with Crippen LogP contribution in [0.15, 0.2) is 65.7 Å². The van der Waals surface area contributed by atoms with E-state index in [4.69, 9.17) is 9.47 Å². The van der Waals surface area contributed by atoms with Crippen molar-refractivity contribution >= 4 is 34.5 Å². The molecule has 0 fully saturated rings. The summed E-state index contributed by atoms with van der Waals surface area (Å²) in [6.45, 7) is 0. The average molecular weight is 424 g/mol. The summed E-state index contributed by atoms with van der Waals surface area (Å²) in [5, 5.41) is 14.4.